The first kappa shape index (κ1) is 50.9. The molecule has 0 aromatic heterocycles. The zero-order chi connectivity index (χ0) is 46.8. The maximum absolute atomic E-state index is 15.2. The molecule has 3 aromatic carbocycles. The normalized spacial score (nSPS) is 17.0. The Morgan fingerprint density at radius 2 is 1.32 bits per heavy atom. The molecule has 0 spiro atoms. The summed E-state index contributed by atoms with van der Waals surface area (Å²) >= 11 is 0. The molecule has 0 saturated carbocycles. The zero-order valence-electron chi connectivity index (χ0n) is 39.2. The predicted octanol–water partition coefficient (Wildman–Crippen LogP) is 3.89. The average molecular weight is 900 g/mol. The van der Waals surface area contributed by atoms with Gasteiger partial charge in [0.1, 0.15) is 6.04 Å². The highest BCUT2D eigenvalue weighted by molar-refractivity contribution is 5.93. The number of nitrogens with zero attached hydrogens (tertiary/aromatic N) is 5. The average Bonchev–Trinajstić information content (AvgIpc) is 3.33. The molecule has 6 N–H and O–H groups in total. The quantitative estimate of drug-likeness (QED) is 0.0326. The van der Waals surface area contributed by atoms with Crippen LogP contribution in [0.1, 0.15) is 57.6 Å². The van der Waals surface area contributed by atoms with E-state index in [4.69, 9.17) is 15.3 Å². The summed E-state index contributed by atoms with van der Waals surface area (Å²) in [6, 6.07) is 25.1. The molecule has 0 unspecified atom stereocenters. The molecule has 0 aliphatic carbocycles. The van der Waals surface area contributed by atoms with Crippen LogP contribution in [0.15, 0.2) is 84.9 Å². The number of carbonyl (C=O) groups is 4. The van der Waals surface area contributed by atoms with E-state index < -0.39 is 47.1 Å². The third-order valence-electron chi connectivity index (χ3n) is 12.8. The molecule has 2 aliphatic heterocycles. The molecule has 65 heavy (non-hydrogen) atoms. The Hall–Kier alpha value is -5.10. The highest BCUT2D eigenvalue weighted by Crippen LogP contribution is 2.36. The molecule has 0 radical (unpaired) electrons. The molecule has 2 fully saturated rings. The van der Waals surface area contributed by atoms with E-state index in [1.165, 1.54) is 10.5 Å². The van der Waals surface area contributed by atoms with Crippen molar-refractivity contribution >= 4 is 23.9 Å². The van der Waals surface area contributed by atoms with Crippen LogP contribution in [-0.4, -0.2) is 164 Å². The van der Waals surface area contributed by atoms with E-state index in [2.05, 4.69) is 38.0 Å². The maximum Gasteiger partial charge on any atom is 0.322 e. The molecule has 5 rings (SSSR count). The number of morpholine rings is 2. The smallest absolute Gasteiger partial charge is 0.322 e. The Labute approximate surface area is 385 Å². The van der Waals surface area contributed by atoms with Crippen LogP contribution in [0.5, 0.6) is 0 Å². The van der Waals surface area contributed by atoms with Crippen LogP contribution < -0.4 is 21.9 Å². The van der Waals surface area contributed by atoms with Gasteiger partial charge in [0, 0.05) is 66.5 Å². The summed E-state index contributed by atoms with van der Waals surface area (Å²) in [5.74, 6) is 3.88. The molecule has 3 aromatic rings. The number of ether oxygens (including phenoxy) is 2. The fourth-order valence-electron chi connectivity index (χ4n) is 8.54. The Morgan fingerprint density at radius 1 is 0.769 bits per heavy atom. The lowest BCUT2D eigenvalue weighted by Gasteiger charge is -2.51. The topological polar surface area (TPSA) is 185 Å². The fourth-order valence-corrected chi connectivity index (χ4v) is 8.54. The van der Waals surface area contributed by atoms with Crippen molar-refractivity contribution in [3.8, 4) is 11.1 Å². The minimum absolute atomic E-state index is 0.0667. The number of benzene rings is 3. The molecule has 16 nitrogen and oxygen atoms in total. The molecular formula is C49H73N9O7. The lowest BCUT2D eigenvalue weighted by atomic mass is 9.80. The number of aliphatic hydroxyl groups is 1. The fraction of sp³-hybridized carbons (Fsp3) is 0.551. The van der Waals surface area contributed by atoms with E-state index in [0.717, 1.165) is 42.0 Å². The molecule has 2 aliphatic rings. The van der Waals surface area contributed by atoms with Crippen LogP contribution >= 0.6 is 0 Å². The van der Waals surface area contributed by atoms with Gasteiger partial charge in [0.25, 0.3) is 5.91 Å². The van der Waals surface area contributed by atoms with Gasteiger partial charge < -0.3 is 35.0 Å². The predicted molar refractivity (Wildman–Crippen MR) is 252 cm³/mol. The van der Waals surface area contributed by atoms with E-state index >= 15 is 4.79 Å². The summed E-state index contributed by atoms with van der Waals surface area (Å²) in [7, 11) is 3.32. The zero-order valence-corrected chi connectivity index (χ0v) is 39.2. The van der Waals surface area contributed by atoms with Gasteiger partial charge >= 0.3 is 12.1 Å². The van der Waals surface area contributed by atoms with Gasteiger partial charge in [-0.25, -0.2) is 15.4 Å². The summed E-state index contributed by atoms with van der Waals surface area (Å²) < 4.78 is 11.0. The van der Waals surface area contributed by atoms with Gasteiger partial charge in [0.15, 0.2) is 0 Å². The number of nitrogens with two attached hydrogens (primary N) is 1. The van der Waals surface area contributed by atoms with Crippen LogP contribution in [0.4, 0.5) is 9.59 Å². The number of hydrogen-bond acceptors (Lipinski definition) is 10. The van der Waals surface area contributed by atoms with Crippen molar-refractivity contribution in [3.05, 3.63) is 96.1 Å². The van der Waals surface area contributed by atoms with Crippen molar-refractivity contribution in [2.75, 3.05) is 92.9 Å². The van der Waals surface area contributed by atoms with E-state index in [1.807, 2.05) is 86.6 Å². The molecule has 6 amide bonds. The van der Waals surface area contributed by atoms with Crippen LogP contribution in [0.25, 0.3) is 11.1 Å². The third kappa shape index (κ3) is 14.0. The van der Waals surface area contributed by atoms with Gasteiger partial charge in [-0.05, 0) is 54.4 Å². The van der Waals surface area contributed by atoms with Crippen molar-refractivity contribution in [2.24, 2.45) is 11.8 Å². The number of amides is 6. The Balaban J connectivity index is 1.52. The maximum atomic E-state index is 15.2. The number of carbonyl (C=O) groups excluding carboxylic acids is 4. The number of hydrogen-bond donors (Lipinski definition) is 5. The van der Waals surface area contributed by atoms with E-state index in [-0.39, 0.29) is 19.5 Å². The van der Waals surface area contributed by atoms with Gasteiger partial charge in [-0.2, -0.15) is 0 Å². The number of nitrogens with one attached hydrogen (secondary N) is 3. The number of likely N-dealkylation sites (N-methyl/N-ethyl adjacent to an activating group) is 2. The third-order valence-corrected chi connectivity index (χ3v) is 12.8. The summed E-state index contributed by atoms with van der Waals surface area (Å²) in [6.07, 6.45) is 2.82. The van der Waals surface area contributed by atoms with Crippen LogP contribution in [0.3, 0.4) is 0 Å². The van der Waals surface area contributed by atoms with Gasteiger partial charge in [-0.1, -0.05) is 112 Å². The standard InChI is InChI=1S/C49H73N9O7/c1-38(2)43(51-46(61)54(4)25-27-56-29-33-64-34-30-56)44(59)52-48(3,24-16-8-11-19-39-17-9-6-10-18-39)49(63,45(60)53-50)58(47(62)55(5)26-28-57-31-35-65-36-32-57)37-41-22-14-15-23-42(41)40-20-12-7-13-21-40/h6-7,9-10,12-15,17-18,20-23,38,43,63H,8,11,16,19,24-37,50H2,1-5H3,(H,51,61)(H,52,59)(H,53,60)/t43-,48-,49+/m0/s1. The highest BCUT2D eigenvalue weighted by atomic mass is 16.5. The van der Waals surface area contributed by atoms with Crippen molar-refractivity contribution in [2.45, 2.75) is 76.7 Å². The van der Waals surface area contributed by atoms with Crippen LogP contribution in [0.2, 0.25) is 0 Å². The second-order valence-electron chi connectivity index (χ2n) is 17.8. The molecule has 2 heterocycles. The highest BCUT2D eigenvalue weighted by Gasteiger charge is 2.60. The number of hydrazine groups is 1. The van der Waals surface area contributed by atoms with Crippen molar-refractivity contribution in [3.63, 3.8) is 0 Å². The Bertz CT molecular complexity index is 1950. The lowest BCUT2D eigenvalue weighted by molar-refractivity contribution is -0.182. The first-order chi connectivity index (χ1) is 31.3. The largest absolute Gasteiger partial charge is 0.379 e. The van der Waals surface area contributed by atoms with Gasteiger partial charge in [0.2, 0.25) is 11.6 Å². The second kappa shape index (κ2) is 25.0. The van der Waals surface area contributed by atoms with E-state index in [1.54, 1.807) is 25.9 Å². The van der Waals surface area contributed by atoms with E-state index in [9.17, 15) is 19.5 Å². The molecule has 16 heteroatoms. The van der Waals surface area contributed by atoms with Gasteiger partial charge in [-0.15, -0.1) is 0 Å². The summed E-state index contributed by atoms with van der Waals surface area (Å²) in [4.78, 5) is 67.0. The summed E-state index contributed by atoms with van der Waals surface area (Å²) in [6.45, 7) is 12.3. The van der Waals surface area contributed by atoms with Crippen molar-refractivity contribution < 1.29 is 33.8 Å². The van der Waals surface area contributed by atoms with Crippen LogP contribution in [-0.2, 0) is 32.0 Å². The number of urea groups is 2. The first-order valence-corrected chi connectivity index (χ1v) is 23.1. The molecule has 0 bridgehead atoms. The van der Waals surface area contributed by atoms with Crippen LogP contribution in [0, 0.1) is 5.92 Å². The molecular weight excluding hydrogens is 827 g/mol. The number of unbranched alkanes of at least 4 members (excludes halogenated alkanes) is 2. The molecule has 356 valence electrons. The van der Waals surface area contributed by atoms with Crippen molar-refractivity contribution in [1.82, 2.24) is 40.6 Å². The minimum atomic E-state index is -2.77. The summed E-state index contributed by atoms with van der Waals surface area (Å²) in [5.41, 5.74) is 1.05. The molecule has 3 atom stereocenters. The van der Waals surface area contributed by atoms with Crippen molar-refractivity contribution in [1.29, 1.82) is 0 Å². The van der Waals surface area contributed by atoms with Gasteiger partial charge in [-0.3, -0.25) is 29.7 Å². The lowest BCUT2D eigenvalue weighted by Crippen LogP contribution is -2.78. The number of rotatable bonds is 22. The SMILES string of the molecule is CC(C)[C@H](NC(=O)N(C)CCN1CCOCC1)C(=O)N[C@@](C)(CCCCCc1ccccc1)[C@](O)(C(=O)NN)N(Cc1ccccc1-c1ccccc1)C(=O)N(C)CCN1CCOCC1. The van der Waals surface area contributed by atoms with E-state index in [0.29, 0.717) is 77.6 Å². The minimum Gasteiger partial charge on any atom is -0.379 e. The second-order valence-corrected chi connectivity index (χ2v) is 17.8. The van der Waals surface area contributed by atoms with Gasteiger partial charge in [0.05, 0.1) is 38.5 Å². The Kier molecular flexibility index (Phi) is 19.6. The summed E-state index contributed by atoms with van der Waals surface area (Å²) in [5, 5.41) is 19.5. The Morgan fingerprint density at radius 3 is 1.91 bits per heavy atom. The number of aryl methyl sites for hydroxylation is 1. The molecule has 2 saturated heterocycles. The first-order valence-electron chi connectivity index (χ1n) is 23.1. The monoisotopic (exact) mass is 900 g/mol.